The predicted molar refractivity (Wildman–Crippen MR) is 133 cm³/mol. The van der Waals surface area contributed by atoms with E-state index in [4.69, 9.17) is 9.47 Å². The number of ether oxygens (including phenoxy) is 2. The molecule has 0 aliphatic carbocycles. The summed E-state index contributed by atoms with van der Waals surface area (Å²) in [5, 5.41) is 3.58. The van der Waals surface area contributed by atoms with E-state index in [1.54, 1.807) is 4.90 Å². The summed E-state index contributed by atoms with van der Waals surface area (Å²) in [6.45, 7) is 11.3. The third-order valence-corrected chi connectivity index (χ3v) is 5.72. The van der Waals surface area contributed by atoms with E-state index >= 15 is 0 Å². The number of hydrogen-bond donors (Lipinski definition) is 1. The number of aryl methyl sites for hydroxylation is 1. The molecule has 174 valence electrons. The molecule has 1 unspecified atom stereocenters. The Balaban J connectivity index is 0.00000341. The Morgan fingerprint density at radius 1 is 1.10 bits per heavy atom. The average molecular weight is 545 g/mol. The van der Waals surface area contributed by atoms with Crippen LogP contribution in [-0.2, 0) is 9.47 Å². The van der Waals surface area contributed by atoms with Gasteiger partial charge in [0.25, 0.3) is 0 Å². The maximum Gasteiger partial charge on any atom is 0.409 e. The van der Waals surface area contributed by atoms with Crippen LogP contribution in [0, 0.1) is 6.92 Å². The maximum absolute atomic E-state index is 11.9. The van der Waals surface area contributed by atoms with Crippen molar-refractivity contribution >= 4 is 36.0 Å². The normalized spacial score (nSPS) is 18.9. The molecule has 3 rings (SSSR count). The van der Waals surface area contributed by atoms with Crippen LogP contribution in [0.2, 0.25) is 0 Å². The lowest BCUT2D eigenvalue weighted by atomic mass is 10.0. The molecule has 0 radical (unpaired) electrons. The van der Waals surface area contributed by atoms with Gasteiger partial charge in [0.05, 0.1) is 25.9 Å². The minimum Gasteiger partial charge on any atom is -0.450 e. The van der Waals surface area contributed by atoms with Crippen LogP contribution in [-0.4, -0.2) is 99.4 Å². The van der Waals surface area contributed by atoms with E-state index in [9.17, 15) is 4.79 Å². The molecule has 1 N–H and O–H groups in total. The number of carbonyl (C=O) groups is 1. The summed E-state index contributed by atoms with van der Waals surface area (Å²) < 4.78 is 10.7. The molecule has 9 heteroatoms. The first-order valence-electron chi connectivity index (χ1n) is 10.9. The number of morpholine rings is 1. The van der Waals surface area contributed by atoms with Crippen molar-refractivity contribution in [2.75, 3.05) is 72.7 Å². The van der Waals surface area contributed by atoms with Gasteiger partial charge in [-0.05, 0) is 19.4 Å². The zero-order valence-corrected chi connectivity index (χ0v) is 21.2. The number of rotatable bonds is 5. The monoisotopic (exact) mass is 545 g/mol. The van der Waals surface area contributed by atoms with Crippen molar-refractivity contribution in [3.8, 4) is 0 Å². The van der Waals surface area contributed by atoms with E-state index in [0.717, 1.165) is 51.9 Å². The van der Waals surface area contributed by atoms with Crippen LogP contribution in [0.5, 0.6) is 0 Å². The van der Waals surface area contributed by atoms with Crippen molar-refractivity contribution in [1.29, 1.82) is 0 Å². The topological polar surface area (TPSA) is 69.6 Å². The van der Waals surface area contributed by atoms with Crippen LogP contribution >= 0.6 is 24.0 Å². The Hall–Kier alpha value is -1.59. The van der Waals surface area contributed by atoms with Gasteiger partial charge in [-0.25, -0.2) is 4.79 Å². The first-order valence-corrected chi connectivity index (χ1v) is 10.9. The van der Waals surface area contributed by atoms with Gasteiger partial charge < -0.3 is 24.6 Å². The molecule has 2 heterocycles. The molecular weight excluding hydrogens is 509 g/mol. The van der Waals surface area contributed by atoms with Gasteiger partial charge in [-0.1, -0.05) is 29.8 Å². The summed E-state index contributed by atoms with van der Waals surface area (Å²) in [5.41, 5.74) is 2.57. The molecule has 2 aliphatic rings. The van der Waals surface area contributed by atoms with E-state index in [1.165, 1.54) is 11.1 Å². The fourth-order valence-corrected chi connectivity index (χ4v) is 3.97. The number of carbonyl (C=O) groups excluding carboxylic acids is 1. The second-order valence-electron chi connectivity index (χ2n) is 7.68. The molecule has 1 amide bonds. The van der Waals surface area contributed by atoms with Crippen LogP contribution in [0.1, 0.15) is 24.1 Å². The summed E-state index contributed by atoms with van der Waals surface area (Å²) in [6, 6.07) is 9.04. The number of amides is 1. The van der Waals surface area contributed by atoms with Crippen molar-refractivity contribution in [2.45, 2.75) is 19.9 Å². The van der Waals surface area contributed by atoms with Crippen LogP contribution in [0.4, 0.5) is 4.79 Å². The molecule has 31 heavy (non-hydrogen) atoms. The minimum atomic E-state index is -0.230. The van der Waals surface area contributed by atoms with Crippen LogP contribution in [0.15, 0.2) is 29.3 Å². The second kappa shape index (κ2) is 13.1. The van der Waals surface area contributed by atoms with Crippen molar-refractivity contribution in [3.63, 3.8) is 0 Å². The number of nitrogens with zero attached hydrogens (tertiary/aromatic N) is 4. The largest absolute Gasteiger partial charge is 0.450 e. The Morgan fingerprint density at radius 2 is 1.71 bits per heavy atom. The summed E-state index contributed by atoms with van der Waals surface area (Å²) in [5.74, 6) is 0.879. The van der Waals surface area contributed by atoms with Crippen LogP contribution in [0.25, 0.3) is 0 Å². The summed E-state index contributed by atoms with van der Waals surface area (Å²) >= 11 is 0. The molecule has 2 saturated heterocycles. The zero-order chi connectivity index (χ0) is 21.3. The van der Waals surface area contributed by atoms with Gasteiger partial charge >= 0.3 is 6.09 Å². The van der Waals surface area contributed by atoms with Crippen molar-refractivity contribution in [3.05, 3.63) is 35.4 Å². The van der Waals surface area contributed by atoms with E-state index in [-0.39, 0.29) is 36.1 Å². The van der Waals surface area contributed by atoms with Gasteiger partial charge in [-0.15, -0.1) is 24.0 Å². The first kappa shape index (κ1) is 25.7. The quantitative estimate of drug-likeness (QED) is 0.348. The molecule has 0 aromatic heterocycles. The molecule has 0 saturated carbocycles. The molecule has 0 spiro atoms. The lowest BCUT2D eigenvalue weighted by Crippen LogP contribution is -2.55. The molecule has 2 aliphatic heterocycles. The number of hydrogen-bond acceptors (Lipinski definition) is 5. The fourth-order valence-electron chi connectivity index (χ4n) is 3.97. The highest BCUT2D eigenvalue weighted by Crippen LogP contribution is 2.22. The molecule has 8 nitrogen and oxygen atoms in total. The summed E-state index contributed by atoms with van der Waals surface area (Å²) in [4.78, 5) is 22.9. The maximum atomic E-state index is 11.9. The number of guanidine groups is 1. The summed E-state index contributed by atoms with van der Waals surface area (Å²) in [7, 11) is 1.82. The zero-order valence-electron chi connectivity index (χ0n) is 18.9. The molecule has 0 bridgehead atoms. The highest BCUT2D eigenvalue weighted by molar-refractivity contribution is 14.0. The standard InChI is InChI=1S/C22H35N5O3.HI/c1-4-30-22(28)27-11-9-26(10-12-27)21(23-3)24-17-20(25-13-15-29-16-14-25)19-7-5-18(2)6-8-19;/h5-8,20H,4,9-17H2,1-3H3,(H,23,24);1H. The SMILES string of the molecule is CCOC(=O)N1CCN(C(=NC)NCC(c2ccc(C)cc2)N2CCOCC2)CC1.I. The Labute approximate surface area is 203 Å². The Kier molecular flexibility index (Phi) is 10.8. The number of benzene rings is 1. The third kappa shape index (κ3) is 7.21. The molecular formula is C22H36IN5O3. The van der Waals surface area contributed by atoms with E-state index in [0.29, 0.717) is 19.7 Å². The van der Waals surface area contributed by atoms with E-state index in [2.05, 4.69) is 51.3 Å². The van der Waals surface area contributed by atoms with Crippen LogP contribution < -0.4 is 5.32 Å². The smallest absolute Gasteiger partial charge is 0.409 e. The third-order valence-electron chi connectivity index (χ3n) is 5.72. The van der Waals surface area contributed by atoms with Gasteiger partial charge in [0.15, 0.2) is 5.96 Å². The number of nitrogens with one attached hydrogen (secondary N) is 1. The minimum absolute atomic E-state index is 0. The lowest BCUT2D eigenvalue weighted by Gasteiger charge is -2.38. The van der Waals surface area contributed by atoms with Gasteiger partial charge in [-0.3, -0.25) is 9.89 Å². The highest BCUT2D eigenvalue weighted by Gasteiger charge is 2.26. The van der Waals surface area contributed by atoms with Gasteiger partial charge in [0.1, 0.15) is 0 Å². The Bertz CT molecular complexity index is 702. The molecule has 1 aromatic rings. The van der Waals surface area contributed by atoms with Gasteiger partial charge in [0.2, 0.25) is 0 Å². The van der Waals surface area contributed by atoms with Crippen molar-refractivity contribution in [2.24, 2.45) is 4.99 Å². The first-order chi connectivity index (χ1) is 14.6. The van der Waals surface area contributed by atoms with E-state index < -0.39 is 0 Å². The predicted octanol–water partition coefficient (Wildman–Crippen LogP) is 2.34. The lowest BCUT2D eigenvalue weighted by molar-refractivity contribution is 0.0168. The fraction of sp³-hybridized carbons (Fsp3) is 0.636. The van der Waals surface area contributed by atoms with Gasteiger partial charge in [-0.2, -0.15) is 0 Å². The van der Waals surface area contributed by atoms with E-state index in [1.807, 2.05) is 14.0 Å². The molecule has 1 aromatic carbocycles. The van der Waals surface area contributed by atoms with Crippen LogP contribution in [0.3, 0.4) is 0 Å². The van der Waals surface area contributed by atoms with Gasteiger partial charge in [0, 0.05) is 52.9 Å². The number of halogens is 1. The Morgan fingerprint density at radius 3 is 2.29 bits per heavy atom. The molecule has 1 atom stereocenters. The van der Waals surface area contributed by atoms with Crippen molar-refractivity contribution < 1.29 is 14.3 Å². The highest BCUT2D eigenvalue weighted by atomic mass is 127. The second-order valence-corrected chi connectivity index (χ2v) is 7.68. The molecule has 2 fully saturated rings. The summed E-state index contributed by atoms with van der Waals surface area (Å²) in [6.07, 6.45) is -0.230. The average Bonchev–Trinajstić information content (AvgIpc) is 2.79. The number of piperazine rings is 1. The van der Waals surface area contributed by atoms with Crippen molar-refractivity contribution in [1.82, 2.24) is 20.0 Å². The number of aliphatic imine (C=N–C) groups is 1.